The number of rotatable bonds is 1. The van der Waals surface area contributed by atoms with Gasteiger partial charge < -0.3 is 0 Å². The van der Waals surface area contributed by atoms with Crippen LogP contribution < -0.4 is 0 Å². The van der Waals surface area contributed by atoms with Crippen LogP contribution in [0.15, 0.2) is 6.07 Å². The first-order valence-corrected chi connectivity index (χ1v) is 5.74. The van der Waals surface area contributed by atoms with Gasteiger partial charge >= 0.3 is 0 Å². The molecule has 2 aromatic rings. The van der Waals surface area contributed by atoms with Crippen molar-refractivity contribution in [3.8, 4) is 0 Å². The molecule has 0 amide bonds. The van der Waals surface area contributed by atoms with Crippen molar-refractivity contribution in [3.63, 3.8) is 0 Å². The van der Waals surface area contributed by atoms with Gasteiger partial charge in [-0.2, -0.15) is 5.10 Å². The third-order valence-corrected chi connectivity index (χ3v) is 2.89. The molecular formula is C12H14ClN3O. The van der Waals surface area contributed by atoms with Crippen molar-refractivity contribution in [2.45, 2.75) is 33.2 Å². The van der Waals surface area contributed by atoms with Gasteiger partial charge in [-0.15, -0.1) is 0 Å². The molecular weight excluding hydrogens is 238 g/mol. The van der Waals surface area contributed by atoms with Crippen LogP contribution in [0.3, 0.4) is 0 Å². The highest BCUT2D eigenvalue weighted by Crippen LogP contribution is 2.26. The summed E-state index contributed by atoms with van der Waals surface area (Å²) < 4.78 is 1.83. The Labute approximate surface area is 105 Å². The van der Waals surface area contributed by atoms with Crippen LogP contribution >= 0.6 is 11.6 Å². The largest absolute Gasteiger partial charge is 0.298 e. The Morgan fingerprint density at radius 3 is 2.59 bits per heavy atom. The molecule has 2 heterocycles. The molecule has 2 rings (SSSR count). The van der Waals surface area contributed by atoms with Crippen LogP contribution in [0.4, 0.5) is 0 Å². The standard InChI is InChI=1S/C12H14ClN3O/c1-7-9-5-8(6-17)10(13)14-11(9)16(15-7)12(2,3)4/h5-6H,1-4H3. The first-order chi connectivity index (χ1) is 7.84. The third kappa shape index (κ3) is 1.93. The summed E-state index contributed by atoms with van der Waals surface area (Å²) in [5, 5.41) is 5.54. The Morgan fingerprint density at radius 1 is 1.41 bits per heavy atom. The van der Waals surface area contributed by atoms with Gasteiger partial charge in [-0.3, -0.25) is 4.79 Å². The molecule has 5 heteroatoms. The summed E-state index contributed by atoms with van der Waals surface area (Å²) in [5.74, 6) is 0. The molecule has 17 heavy (non-hydrogen) atoms. The summed E-state index contributed by atoms with van der Waals surface area (Å²) in [6.45, 7) is 8.03. The molecule has 0 saturated carbocycles. The van der Waals surface area contributed by atoms with Gasteiger partial charge in [-0.25, -0.2) is 9.67 Å². The third-order valence-electron chi connectivity index (χ3n) is 2.59. The predicted octanol–water partition coefficient (Wildman–Crippen LogP) is 2.96. The Morgan fingerprint density at radius 2 is 2.06 bits per heavy atom. The second kappa shape index (κ2) is 3.81. The highest BCUT2D eigenvalue weighted by Gasteiger charge is 2.21. The number of carbonyl (C=O) groups is 1. The van der Waals surface area contributed by atoms with Crippen molar-refractivity contribution in [2.24, 2.45) is 0 Å². The van der Waals surface area contributed by atoms with Crippen LogP contribution in [0.1, 0.15) is 36.8 Å². The Bertz CT molecular complexity index is 596. The molecule has 0 unspecified atom stereocenters. The van der Waals surface area contributed by atoms with Crippen molar-refractivity contribution in [3.05, 3.63) is 22.5 Å². The lowest BCUT2D eigenvalue weighted by Gasteiger charge is -2.19. The zero-order valence-corrected chi connectivity index (χ0v) is 11.0. The number of halogens is 1. The number of carbonyl (C=O) groups excluding carboxylic acids is 1. The normalized spacial score (nSPS) is 12.1. The van der Waals surface area contributed by atoms with Crippen LogP contribution in [0.2, 0.25) is 5.15 Å². The highest BCUT2D eigenvalue weighted by molar-refractivity contribution is 6.32. The minimum Gasteiger partial charge on any atom is -0.298 e. The summed E-state index contributed by atoms with van der Waals surface area (Å²) in [5.41, 5.74) is 1.79. The number of hydrogen-bond acceptors (Lipinski definition) is 3. The number of aromatic nitrogens is 3. The van der Waals surface area contributed by atoms with Gasteiger partial charge in [0.25, 0.3) is 0 Å². The second-order valence-electron chi connectivity index (χ2n) is 5.03. The Hall–Kier alpha value is -1.42. The van der Waals surface area contributed by atoms with Crippen LogP contribution in [0.5, 0.6) is 0 Å². The summed E-state index contributed by atoms with van der Waals surface area (Å²) in [6.07, 6.45) is 0.711. The average Bonchev–Trinajstić information content (AvgIpc) is 2.54. The van der Waals surface area contributed by atoms with E-state index in [9.17, 15) is 4.79 Å². The quantitative estimate of drug-likeness (QED) is 0.578. The number of aryl methyl sites for hydroxylation is 1. The van der Waals surface area contributed by atoms with Crippen molar-refractivity contribution >= 4 is 28.9 Å². The number of aldehydes is 1. The van der Waals surface area contributed by atoms with E-state index in [1.54, 1.807) is 6.07 Å². The molecule has 90 valence electrons. The lowest BCUT2D eigenvalue weighted by Crippen LogP contribution is -2.23. The lowest BCUT2D eigenvalue weighted by atomic mass is 10.1. The van der Waals surface area contributed by atoms with Crippen LogP contribution in [0.25, 0.3) is 11.0 Å². The van der Waals surface area contributed by atoms with Crippen LogP contribution in [-0.4, -0.2) is 21.1 Å². The molecule has 0 atom stereocenters. The van der Waals surface area contributed by atoms with Gasteiger partial charge in [-0.1, -0.05) is 11.6 Å². The predicted molar refractivity (Wildman–Crippen MR) is 67.7 cm³/mol. The molecule has 0 bridgehead atoms. The van der Waals surface area contributed by atoms with Crippen molar-refractivity contribution < 1.29 is 4.79 Å². The minimum atomic E-state index is -0.175. The fourth-order valence-corrected chi connectivity index (χ4v) is 1.91. The molecule has 0 aliphatic heterocycles. The maximum Gasteiger partial charge on any atom is 0.160 e. The van der Waals surface area contributed by atoms with Crippen LogP contribution in [-0.2, 0) is 5.54 Å². The minimum absolute atomic E-state index is 0.175. The highest BCUT2D eigenvalue weighted by atomic mass is 35.5. The van der Waals surface area contributed by atoms with Crippen molar-refractivity contribution in [2.75, 3.05) is 0 Å². The summed E-state index contributed by atoms with van der Waals surface area (Å²) >= 11 is 5.95. The Kier molecular flexibility index (Phi) is 2.70. The number of nitrogens with zero attached hydrogens (tertiary/aromatic N) is 3. The number of fused-ring (bicyclic) bond motifs is 1. The molecule has 4 nitrogen and oxygen atoms in total. The van der Waals surface area contributed by atoms with Gasteiger partial charge in [0.15, 0.2) is 11.9 Å². The molecule has 0 spiro atoms. The van der Waals surface area contributed by atoms with E-state index in [4.69, 9.17) is 11.6 Å². The Balaban J connectivity index is 2.84. The van der Waals surface area contributed by atoms with E-state index in [2.05, 4.69) is 10.1 Å². The molecule has 2 aromatic heterocycles. The SMILES string of the molecule is Cc1nn(C(C)(C)C)c2nc(Cl)c(C=O)cc12. The maximum absolute atomic E-state index is 10.8. The average molecular weight is 252 g/mol. The fourth-order valence-electron chi connectivity index (χ4n) is 1.73. The topological polar surface area (TPSA) is 47.8 Å². The number of hydrogen-bond donors (Lipinski definition) is 0. The summed E-state index contributed by atoms with van der Waals surface area (Å²) in [7, 11) is 0. The van der Waals surface area contributed by atoms with Gasteiger partial charge in [0.05, 0.1) is 16.8 Å². The zero-order valence-electron chi connectivity index (χ0n) is 10.3. The molecule has 0 N–H and O–H groups in total. The summed E-state index contributed by atoms with van der Waals surface area (Å²) in [4.78, 5) is 15.1. The summed E-state index contributed by atoms with van der Waals surface area (Å²) in [6, 6.07) is 1.74. The smallest absolute Gasteiger partial charge is 0.160 e. The zero-order chi connectivity index (χ0) is 12.8. The molecule has 0 saturated heterocycles. The van der Waals surface area contributed by atoms with Crippen molar-refractivity contribution in [1.82, 2.24) is 14.8 Å². The first-order valence-electron chi connectivity index (χ1n) is 5.36. The molecule has 0 aromatic carbocycles. The van der Waals surface area contributed by atoms with Gasteiger partial charge in [0.2, 0.25) is 0 Å². The fraction of sp³-hybridized carbons (Fsp3) is 0.417. The maximum atomic E-state index is 10.8. The van der Waals surface area contributed by atoms with Gasteiger partial charge in [-0.05, 0) is 33.8 Å². The van der Waals surface area contributed by atoms with Gasteiger partial charge in [0, 0.05) is 5.39 Å². The van der Waals surface area contributed by atoms with E-state index in [0.29, 0.717) is 17.5 Å². The van der Waals surface area contributed by atoms with Gasteiger partial charge in [0.1, 0.15) is 5.15 Å². The molecule has 0 aliphatic carbocycles. The van der Waals surface area contributed by atoms with E-state index < -0.39 is 0 Å². The molecule has 0 radical (unpaired) electrons. The van der Waals surface area contributed by atoms with Crippen molar-refractivity contribution in [1.29, 1.82) is 0 Å². The van der Waals surface area contributed by atoms with E-state index in [1.807, 2.05) is 32.4 Å². The molecule has 0 aliphatic rings. The van der Waals surface area contributed by atoms with E-state index in [0.717, 1.165) is 11.1 Å². The lowest BCUT2D eigenvalue weighted by molar-refractivity contribution is 0.112. The molecule has 0 fully saturated rings. The van der Waals surface area contributed by atoms with E-state index >= 15 is 0 Å². The monoisotopic (exact) mass is 251 g/mol. The van der Waals surface area contributed by atoms with Crippen LogP contribution in [0, 0.1) is 6.92 Å². The first kappa shape index (κ1) is 12.0. The second-order valence-corrected chi connectivity index (χ2v) is 5.38. The van der Waals surface area contributed by atoms with E-state index in [1.165, 1.54) is 0 Å². The number of pyridine rings is 1. The van der Waals surface area contributed by atoms with E-state index in [-0.39, 0.29) is 10.7 Å².